The fourth-order valence-electron chi connectivity index (χ4n) is 2.37. The Labute approximate surface area is 134 Å². The number of amides is 1. The van der Waals surface area contributed by atoms with Crippen molar-refractivity contribution >= 4 is 22.4 Å². The molecule has 3 aromatic rings. The van der Waals surface area contributed by atoms with Crippen molar-refractivity contribution in [2.45, 2.75) is 6.92 Å². The zero-order valence-corrected chi connectivity index (χ0v) is 12.7. The van der Waals surface area contributed by atoms with Gasteiger partial charge < -0.3 is 15.2 Å². The van der Waals surface area contributed by atoms with Crippen molar-refractivity contribution in [3.8, 4) is 11.5 Å². The molecule has 0 spiro atoms. The quantitative estimate of drug-likeness (QED) is 0.769. The Morgan fingerprint density at radius 1 is 1.00 bits per heavy atom. The molecule has 0 aromatic heterocycles. The van der Waals surface area contributed by atoms with E-state index in [1.165, 1.54) is 0 Å². The Bertz CT molecular complexity index is 841. The van der Waals surface area contributed by atoms with Gasteiger partial charge in [0, 0.05) is 16.5 Å². The van der Waals surface area contributed by atoms with Crippen molar-refractivity contribution in [2.75, 3.05) is 11.9 Å². The maximum absolute atomic E-state index is 12.1. The van der Waals surface area contributed by atoms with Crippen LogP contribution >= 0.6 is 0 Å². The predicted molar refractivity (Wildman–Crippen MR) is 90.9 cm³/mol. The van der Waals surface area contributed by atoms with Gasteiger partial charge in [0.25, 0.3) is 5.91 Å². The fourth-order valence-corrected chi connectivity index (χ4v) is 2.37. The highest BCUT2D eigenvalue weighted by molar-refractivity contribution is 6.04. The van der Waals surface area contributed by atoms with Crippen LogP contribution in [-0.4, -0.2) is 17.6 Å². The van der Waals surface area contributed by atoms with E-state index >= 15 is 0 Å². The molecule has 0 saturated heterocycles. The average Bonchev–Trinajstić information content (AvgIpc) is 2.55. The molecule has 3 aromatic carbocycles. The normalized spacial score (nSPS) is 10.5. The number of phenols is 1. The number of aryl methyl sites for hydroxylation is 1. The van der Waals surface area contributed by atoms with E-state index in [1.807, 2.05) is 43.3 Å². The van der Waals surface area contributed by atoms with Crippen molar-refractivity contribution in [1.29, 1.82) is 0 Å². The van der Waals surface area contributed by atoms with Crippen LogP contribution in [0.3, 0.4) is 0 Å². The summed E-state index contributed by atoms with van der Waals surface area (Å²) in [4.78, 5) is 12.1. The molecular formula is C19H17NO3. The van der Waals surface area contributed by atoms with Crippen LogP contribution in [-0.2, 0) is 4.79 Å². The minimum Gasteiger partial charge on any atom is -0.507 e. The Morgan fingerprint density at radius 2 is 1.70 bits per heavy atom. The number of rotatable bonds is 4. The van der Waals surface area contributed by atoms with Crippen molar-refractivity contribution < 1.29 is 14.6 Å². The monoisotopic (exact) mass is 307 g/mol. The van der Waals surface area contributed by atoms with Crippen molar-refractivity contribution in [2.24, 2.45) is 0 Å². The van der Waals surface area contributed by atoms with Gasteiger partial charge in [-0.15, -0.1) is 0 Å². The fraction of sp³-hybridized carbons (Fsp3) is 0.105. The number of aromatic hydroxyl groups is 1. The van der Waals surface area contributed by atoms with Gasteiger partial charge in [0.1, 0.15) is 11.5 Å². The van der Waals surface area contributed by atoms with Crippen LogP contribution in [0.4, 0.5) is 5.69 Å². The van der Waals surface area contributed by atoms with E-state index in [0.29, 0.717) is 16.8 Å². The van der Waals surface area contributed by atoms with Crippen LogP contribution < -0.4 is 10.1 Å². The standard InChI is InChI=1S/C19H17NO3/c1-13-8-10-14(11-9-13)23-12-19(22)20-17-6-2-5-16-15(17)4-3-7-18(16)21/h2-11,21H,12H2,1H3,(H,20,22). The van der Waals surface area contributed by atoms with Crippen LogP contribution in [0, 0.1) is 6.92 Å². The molecule has 1 amide bonds. The number of anilines is 1. The summed E-state index contributed by atoms with van der Waals surface area (Å²) in [6.45, 7) is 1.92. The lowest BCUT2D eigenvalue weighted by Crippen LogP contribution is -2.20. The number of benzene rings is 3. The van der Waals surface area contributed by atoms with Crippen LogP contribution in [0.2, 0.25) is 0 Å². The highest BCUT2D eigenvalue weighted by Gasteiger charge is 2.08. The number of carbonyl (C=O) groups is 1. The van der Waals surface area contributed by atoms with Gasteiger partial charge in [-0.05, 0) is 31.2 Å². The molecule has 0 radical (unpaired) electrons. The summed E-state index contributed by atoms with van der Waals surface area (Å²) in [7, 11) is 0. The topological polar surface area (TPSA) is 58.6 Å². The van der Waals surface area contributed by atoms with Gasteiger partial charge in [0.15, 0.2) is 6.61 Å². The molecule has 0 saturated carbocycles. The van der Waals surface area contributed by atoms with Gasteiger partial charge in [0.05, 0.1) is 0 Å². The summed E-state index contributed by atoms with van der Waals surface area (Å²) >= 11 is 0. The van der Waals surface area contributed by atoms with Gasteiger partial charge in [-0.25, -0.2) is 0 Å². The highest BCUT2D eigenvalue weighted by atomic mass is 16.5. The summed E-state index contributed by atoms with van der Waals surface area (Å²) in [6, 6.07) is 18.1. The SMILES string of the molecule is Cc1ccc(OCC(=O)Nc2cccc3c(O)cccc23)cc1. The van der Waals surface area contributed by atoms with Gasteiger partial charge in [-0.1, -0.05) is 42.0 Å². The van der Waals surface area contributed by atoms with E-state index in [-0.39, 0.29) is 18.3 Å². The Balaban J connectivity index is 1.71. The van der Waals surface area contributed by atoms with Crippen molar-refractivity contribution in [1.82, 2.24) is 0 Å². The number of ether oxygens (including phenoxy) is 1. The highest BCUT2D eigenvalue weighted by Crippen LogP contribution is 2.29. The Morgan fingerprint density at radius 3 is 2.48 bits per heavy atom. The first-order valence-corrected chi connectivity index (χ1v) is 7.33. The summed E-state index contributed by atoms with van der Waals surface area (Å²) in [5.41, 5.74) is 1.79. The number of nitrogens with one attached hydrogen (secondary N) is 1. The van der Waals surface area contributed by atoms with E-state index in [0.717, 1.165) is 10.9 Å². The largest absolute Gasteiger partial charge is 0.507 e. The third kappa shape index (κ3) is 3.43. The first-order valence-electron chi connectivity index (χ1n) is 7.33. The third-order valence-corrected chi connectivity index (χ3v) is 3.56. The van der Waals surface area contributed by atoms with Gasteiger partial charge in [0.2, 0.25) is 0 Å². The molecule has 0 bridgehead atoms. The van der Waals surface area contributed by atoms with Gasteiger partial charge in [-0.3, -0.25) is 4.79 Å². The molecule has 0 unspecified atom stereocenters. The van der Waals surface area contributed by atoms with Crippen LogP contribution in [0.25, 0.3) is 10.8 Å². The molecule has 3 rings (SSSR count). The van der Waals surface area contributed by atoms with E-state index in [2.05, 4.69) is 5.32 Å². The van der Waals surface area contributed by atoms with E-state index < -0.39 is 0 Å². The number of fused-ring (bicyclic) bond motifs is 1. The lowest BCUT2D eigenvalue weighted by molar-refractivity contribution is -0.118. The molecule has 23 heavy (non-hydrogen) atoms. The molecule has 0 heterocycles. The smallest absolute Gasteiger partial charge is 0.262 e. The summed E-state index contributed by atoms with van der Waals surface area (Å²) in [5, 5.41) is 14.2. The number of hydrogen-bond donors (Lipinski definition) is 2. The maximum Gasteiger partial charge on any atom is 0.262 e. The van der Waals surface area contributed by atoms with E-state index in [4.69, 9.17) is 4.74 Å². The average molecular weight is 307 g/mol. The number of carbonyl (C=O) groups excluding carboxylic acids is 1. The zero-order chi connectivity index (χ0) is 16.2. The molecule has 116 valence electrons. The first kappa shape index (κ1) is 14.9. The Kier molecular flexibility index (Phi) is 4.15. The number of phenolic OH excluding ortho intramolecular Hbond substituents is 1. The second-order valence-electron chi connectivity index (χ2n) is 5.33. The molecule has 0 aliphatic carbocycles. The molecule has 2 N–H and O–H groups in total. The molecule has 4 nitrogen and oxygen atoms in total. The second-order valence-corrected chi connectivity index (χ2v) is 5.33. The predicted octanol–water partition coefficient (Wildman–Crippen LogP) is 3.87. The summed E-state index contributed by atoms with van der Waals surface area (Å²) in [6.07, 6.45) is 0. The lowest BCUT2D eigenvalue weighted by Gasteiger charge is -2.10. The van der Waals surface area contributed by atoms with Crippen LogP contribution in [0.15, 0.2) is 60.7 Å². The van der Waals surface area contributed by atoms with Gasteiger partial charge in [-0.2, -0.15) is 0 Å². The summed E-state index contributed by atoms with van der Waals surface area (Å²) < 4.78 is 5.47. The maximum atomic E-state index is 12.1. The Hall–Kier alpha value is -3.01. The molecule has 0 fully saturated rings. The third-order valence-electron chi connectivity index (χ3n) is 3.56. The van der Waals surface area contributed by atoms with Crippen molar-refractivity contribution in [3.63, 3.8) is 0 Å². The lowest BCUT2D eigenvalue weighted by atomic mass is 10.1. The first-order chi connectivity index (χ1) is 11.1. The van der Waals surface area contributed by atoms with Crippen LogP contribution in [0.5, 0.6) is 11.5 Å². The van der Waals surface area contributed by atoms with E-state index in [1.54, 1.807) is 24.3 Å². The van der Waals surface area contributed by atoms with Crippen LogP contribution in [0.1, 0.15) is 5.56 Å². The molecule has 0 aliphatic heterocycles. The number of hydrogen-bond acceptors (Lipinski definition) is 3. The molecule has 0 aliphatic rings. The minimum atomic E-state index is -0.249. The van der Waals surface area contributed by atoms with E-state index in [9.17, 15) is 9.90 Å². The molecule has 0 atom stereocenters. The molecule has 4 heteroatoms. The summed E-state index contributed by atoms with van der Waals surface area (Å²) in [5.74, 6) is 0.595. The molecular weight excluding hydrogens is 290 g/mol. The van der Waals surface area contributed by atoms with Gasteiger partial charge >= 0.3 is 0 Å². The minimum absolute atomic E-state index is 0.0712. The second kappa shape index (κ2) is 6.40. The van der Waals surface area contributed by atoms with Crippen molar-refractivity contribution in [3.05, 3.63) is 66.2 Å². The zero-order valence-electron chi connectivity index (χ0n) is 12.7.